The van der Waals surface area contributed by atoms with Crippen molar-refractivity contribution >= 4 is 0 Å². The summed E-state index contributed by atoms with van der Waals surface area (Å²) < 4.78 is 0.898. The van der Waals surface area contributed by atoms with Crippen molar-refractivity contribution < 1.29 is 14.9 Å². The lowest BCUT2D eigenvalue weighted by molar-refractivity contribution is -0.533. The quantitative estimate of drug-likeness (QED) is 0.388. The zero-order valence-electron chi connectivity index (χ0n) is 4.36. The van der Waals surface area contributed by atoms with Gasteiger partial charge in [0.1, 0.15) is 12.2 Å². The van der Waals surface area contributed by atoms with Gasteiger partial charge in [0.2, 0.25) is 0 Å². The highest BCUT2D eigenvalue weighted by atomic mass is 16.3. The molecule has 0 radical (unpaired) electrons. The molecule has 2 N–H and O–H groups in total. The lowest BCUT2D eigenvalue weighted by atomic mass is 10.3. The fourth-order valence-electron chi connectivity index (χ4n) is 0.750. The van der Waals surface area contributed by atoms with Gasteiger partial charge in [-0.3, -0.25) is 0 Å². The third-order valence-electron chi connectivity index (χ3n) is 1.24. The van der Waals surface area contributed by atoms with Crippen LogP contribution < -0.4 is 0 Å². The van der Waals surface area contributed by atoms with E-state index in [1.54, 1.807) is 0 Å². The first-order chi connectivity index (χ1) is 3.70. The van der Waals surface area contributed by atoms with Gasteiger partial charge in [0.05, 0.1) is 0 Å². The Kier molecular flexibility index (Phi) is 1.27. The SMILES string of the molecule is [N-]=[N+]1C[C@@H](O)[C@@H](O)C1. The molecule has 0 amide bonds. The molecule has 0 aliphatic carbocycles. The molecule has 1 aliphatic rings. The Morgan fingerprint density at radius 3 is 1.75 bits per heavy atom. The third-order valence-corrected chi connectivity index (χ3v) is 1.24. The first-order valence-corrected chi connectivity index (χ1v) is 2.50. The standard InChI is InChI=1S/C4H8N2O2/c5-6-1-3(7)4(8)2-6/h3-4,7-8H,1-2H2/t3-,4+. The van der Waals surface area contributed by atoms with Crippen molar-refractivity contribution in [2.75, 3.05) is 13.1 Å². The lowest BCUT2D eigenvalue weighted by Crippen LogP contribution is -2.22. The normalized spacial score (nSPS) is 38.5. The Morgan fingerprint density at radius 1 is 1.25 bits per heavy atom. The molecule has 8 heavy (non-hydrogen) atoms. The topological polar surface area (TPSA) is 65.8 Å². The highest BCUT2D eigenvalue weighted by Crippen LogP contribution is 2.03. The van der Waals surface area contributed by atoms with Gasteiger partial charge < -0.3 is 20.4 Å². The molecule has 46 valence electrons. The average molecular weight is 116 g/mol. The summed E-state index contributed by atoms with van der Waals surface area (Å²) in [5, 5.41) is 17.4. The zero-order chi connectivity index (χ0) is 6.15. The minimum Gasteiger partial charge on any atom is -0.507 e. The van der Waals surface area contributed by atoms with E-state index in [9.17, 15) is 0 Å². The van der Waals surface area contributed by atoms with Crippen molar-refractivity contribution in [1.82, 2.24) is 0 Å². The second-order valence-electron chi connectivity index (χ2n) is 2.01. The highest BCUT2D eigenvalue weighted by Gasteiger charge is 2.29. The predicted octanol–water partition coefficient (Wildman–Crippen LogP) is -1.24. The maximum absolute atomic E-state index is 8.72. The molecule has 0 spiro atoms. The smallest absolute Gasteiger partial charge is 0.160 e. The van der Waals surface area contributed by atoms with Crippen molar-refractivity contribution in [3.63, 3.8) is 0 Å². The van der Waals surface area contributed by atoms with E-state index in [1.165, 1.54) is 0 Å². The summed E-state index contributed by atoms with van der Waals surface area (Å²) in [5.74, 6) is 0. The number of rotatable bonds is 0. The van der Waals surface area contributed by atoms with E-state index in [0.29, 0.717) is 0 Å². The maximum atomic E-state index is 8.72. The number of nitrogens with zero attached hydrogens (tertiary/aromatic N) is 2. The Balaban J connectivity index is 2.51. The van der Waals surface area contributed by atoms with Crippen molar-refractivity contribution in [1.29, 1.82) is 0 Å². The molecule has 4 heteroatoms. The van der Waals surface area contributed by atoms with E-state index in [4.69, 9.17) is 15.7 Å². The molecule has 0 aromatic rings. The molecule has 0 aromatic carbocycles. The van der Waals surface area contributed by atoms with Crippen LogP contribution >= 0.6 is 0 Å². The summed E-state index contributed by atoms with van der Waals surface area (Å²) in [7, 11) is 0. The van der Waals surface area contributed by atoms with Gasteiger partial charge in [0.25, 0.3) is 0 Å². The van der Waals surface area contributed by atoms with Gasteiger partial charge in [-0.2, -0.15) is 0 Å². The first kappa shape index (κ1) is 5.65. The van der Waals surface area contributed by atoms with Crippen molar-refractivity contribution in [2.24, 2.45) is 0 Å². The molecule has 1 saturated heterocycles. The molecule has 0 bridgehead atoms. The number of hydrogen-bond acceptors (Lipinski definition) is 2. The van der Waals surface area contributed by atoms with E-state index in [2.05, 4.69) is 0 Å². The number of hydrogen-bond donors (Lipinski definition) is 2. The fourth-order valence-corrected chi connectivity index (χ4v) is 0.750. The van der Waals surface area contributed by atoms with Crippen LogP contribution in [0, 0.1) is 0 Å². The molecule has 1 aliphatic heterocycles. The molecule has 0 saturated carbocycles. The first-order valence-electron chi connectivity index (χ1n) is 2.50. The minimum absolute atomic E-state index is 0.154. The second-order valence-corrected chi connectivity index (χ2v) is 2.01. The number of aliphatic hydroxyl groups excluding tert-OH is 2. The molecule has 4 nitrogen and oxygen atoms in total. The lowest BCUT2D eigenvalue weighted by Gasteiger charge is -1.96. The van der Waals surface area contributed by atoms with Gasteiger partial charge in [-0.15, -0.1) is 0 Å². The Bertz CT molecular complexity index is 103. The van der Waals surface area contributed by atoms with E-state index >= 15 is 0 Å². The van der Waals surface area contributed by atoms with Crippen molar-refractivity contribution in [3.05, 3.63) is 5.53 Å². The van der Waals surface area contributed by atoms with Crippen LogP contribution in [0.15, 0.2) is 0 Å². The zero-order valence-corrected chi connectivity index (χ0v) is 4.36. The van der Waals surface area contributed by atoms with Gasteiger partial charge in [-0.1, -0.05) is 0 Å². The van der Waals surface area contributed by atoms with Crippen LogP contribution in [0.1, 0.15) is 0 Å². The van der Waals surface area contributed by atoms with Crippen LogP contribution in [0.25, 0.3) is 5.53 Å². The Morgan fingerprint density at radius 2 is 1.62 bits per heavy atom. The third kappa shape index (κ3) is 0.850. The van der Waals surface area contributed by atoms with Gasteiger partial charge in [0, 0.05) is 0 Å². The molecule has 1 fully saturated rings. The monoisotopic (exact) mass is 116 g/mol. The second kappa shape index (κ2) is 1.80. The van der Waals surface area contributed by atoms with Crippen LogP contribution in [0.5, 0.6) is 0 Å². The van der Waals surface area contributed by atoms with Crippen molar-refractivity contribution in [2.45, 2.75) is 12.2 Å². The summed E-state index contributed by atoms with van der Waals surface area (Å²) in [5.41, 5.74) is 8.58. The highest BCUT2D eigenvalue weighted by molar-refractivity contribution is 4.69. The van der Waals surface area contributed by atoms with E-state index in [-0.39, 0.29) is 13.1 Å². The van der Waals surface area contributed by atoms with Crippen molar-refractivity contribution in [3.8, 4) is 0 Å². The number of β-amino-alcohol motifs (C(OH)–C–C–N with tert-alkyl or cyclic N) is 2. The largest absolute Gasteiger partial charge is 0.507 e. The van der Waals surface area contributed by atoms with Crippen LogP contribution in [0.2, 0.25) is 0 Å². The summed E-state index contributed by atoms with van der Waals surface area (Å²) in [6, 6.07) is 0. The fraction of sp³-hybridized carbons (Fsp3) is 1.00. The summed E-state index contributed by atoms with van der Waals surface area (Å²) in [6.07, 6.45) is -1.56. The average Bonchev–Trinajstić information content (AvgIpc) is 1.85. The number of aliphatic hydroxyl groups is 2. The molecule has 1 heterocycles. The van der Waals surface area contributed by atoms with Gasteiger partial charge in [-0.25, -0.2) is 0 Å². The van der Waals surface area contributed by atoms with Crippen LogP contribution in [0.3, 0.4) is 0 Å². The molecule has 0 unspecified atom stereocenters. The van der Waals surface area contributed by atoms with Gasteiger partial charge >= 0.3 is 0 Å². The van der Waals surface area contributed by atoms with E-state index < -0.39 is 12.2 Å². The maximum Gasteiger partial charge on any atom is 0.160 e. The van der Waals surface area contributed by atoms with Crippen LogP contribution in [-0.2, 0) is 0 Å². The Hall–Kier alpha value is -0.480. The molecule has 1 rings (SSSR count). The Labute approximate surface area is 46.9 Å². The van der Waals surface area contributed by atoms with Gasteiger partial charge in [0.15, 0.2) is 13.1 Å². The molecule has 0 aromatic heterocycles. The van der Waals surface area contributed by atoms with Crippen LogP contribution in [0.4, 0.5) is 0 Å². The summed E-state index contributed by atoms with van der Waals surface area (Å²) in [6.45, 7) is 0.308. The predicted molar refractivity (Wildman–Crippen MR) is 25.4 cm³/mol. The molecule has 2 atom stereocenters. The van der Waals surface area contributed by atoms with E-state index in [0.717, 1.165) is 4.70 Å². The molecular formula is C4H8N2O2. The van der Waals surface area contributed by atoms with Crippen LogP contribution in [-0.4, -0.2) is 40.2 Å². The minimum atomic E-state index is -0.778. The van der Waals surface area contributed by atoms with Gasteiger partial charge in [-0.05, 0) is 0 Å². The van der Waals surface area contributed by atoms with E-state index in [1.807, 2.05) is 0 Å². The molecular weight excluding hydrogens is 108 g/mol. The summed E-state index contributed by atoms with van der Waals surface area (Å²) in [4.78, 5) is 0. The summed E-state index contributed by atoms with van der Waals surface area (Å²) >= 11 is 0.